The number of nitrogen functional groups attached to an aromatic ring is 1. The van der Waals surface area contributed by atoms with Gasteiger partial charge in [-0.2, -0.15) is 0 Å². The molecule has 7 nitrogen and oxygen atoms in total. The average molecular weight is 426 g/mol. The molecule has 0 bridgehead atoms. The maximum absolute atomic E-state index is 6.09. The number of aromatic nitrogens is 6. The molecule has 150 valence electrons. The third-order valence-electron chi connectivity index (χ3n) is 4.64. The fourth-order valence-corrected chi connectivity index (χ4v) is 3.35. The summed E-state index contributed by atoms with van der Waals surface area (Å²) in [5, 5.41) is 2.76. The van der Waals surface area contributed by atoms with Gasteiger partial charge in [-0.25, -0.2) is 24.9 Å². The van der Waals surface area contributed by atoms with Gasteiger partial charge in [0, 0.05) is 41.4 Å². The van der Waals surface area contributed by atoms with Gasteiger partial charge >= 0.3 is 0 Å². The Labute approximate surface area is 182 Å². The van der Waals surface area contributed by atoms with Crippen molar-refractivity contribution in [3.05, 3.63) is 89.7 Å². The molecular formula is C23H16ClN7. The van der Waals surface area contributed by atoms with E-state index in [0.29, 0.717) is 28.3 Å². The molecule has 0 aliphatic carbocycles. The molecule has 0 aliphatic heterocycles. The lowest BCUT2D eigenvalue weighted by atomic mass is 10.2. The third-order valence-corrected chi connectivity index (χ3v) is 4.87. The summed E-state index contributed by atoms with van der Waals surface area (Å²) in [6, 6.07) is 13.0. The van der Waals surface area contributed by atoms with E-state index in [4.69, 9.17) is 17.3 Å². The predicted octanol–water partition coefficient (Wildman–Crippen LogP) is 4.68. The molecule has 31 heavy (non-hydrogen) atoms. The summed E-state index contributed by atoms with van der Waals surface area (Å²) in [5.41, 5.74) is 8.05. The van der Waals surface area contributed by atoms with Crippen LogP contribution < -0.4 is 5.73 Å². The van der Waals surface area contributed by atoms with Gasteiger partial charge in [0.1, 0.15) is 11.5 Å². The average Bonchev–Trinajstić information content (AvgIpc) is 3.21. The van der Waals surface area contributed by atoms with E-state index in [2.05, 4.69) is 24.9 Å². The summed E-state index contributed by atoms with van der Waals surface area (Å²) in [4.78, 5) is 22.0. The predicted molar refractivity (Wildman–Crippen MR) is 122 cm³/mol. The zero-order chi connectivity index (χ0) is 21.2. The normalized spacial score (nSPS) is 11.4. The first-order valence-electron chi connectivity index (χ1n) is 9.48. The monoisotopic (exact) mass is 425 g/mol. The van der Waals surface area contributed by atoms with Crippen LogP contribution >= 0.6 is 11.6 Å². The molecule has 0 atom stereocenters. The molecule has 0 saturated heterocycles. The molecule has 0 fully saturated rings. The van der Waals surface area contributed by atoms with Crippen LogP contribution in [-0.2, 0) is 0 Å². The van der Waals surface area contributed by atoms with E-state index >= 15 is 0 Å². The van der Waals surface area contributed by atoms with Crippen molar-refractivity contribution in [1.29, 1.82) is 0 Å². The lowest BCUT2D eigenvalue weighted by molar-refractivity contribution is 0.936. The summed E-state index contributed by atoms with van der Waals surface area (Å²) in [6.07, 6.45) is 12.8. The molecular weight excluding hydrogens is 410 g/mol. The van der Waals surface area contributed by atoms with Crippen LogP contribution in [0.2, 0.25) is 5.02 Å². The molecule has 0 radical (unpaired) electrons. The molecule has 2 N–H and O–H groups in total. The zero-order valence-electron chi connectivity index (χ0n) is 16.2. The van der Waals surface area contributed by atoms with Crippen LogP contribution in [0.25, 0.3) is 40.4 Å². The number of nitrogens with zero attached hydrogens (tertiary/aromatic N) is 6. The summed E-state index contributed by atoms with van der Waals surface area (Å²) >= 11 is 6.09. The SMILES string of the molecule is Nc1cc(/C=C/c2ccnc(-c3ccnc(-n4cc5ccc(Cl)cc5c4)n3)n2)ccn1. The summed E-state index contributed by atoms with van der Waals surface area (Å²) in [5.74, 6) is 1.51. The molecule has 0 saturated carbocycles. The number of hydrogen-bond donors (Lipinski definition) is 1. The van der Waals surface area contributed by atoms with E-state index < -0.39 is 0 Å². The van der Waals surface area contributed by atoms with Gasteiger partial charge in [0.2, 0.25) is 5.95 Å². The number of benzene rings is 1. The van der Waals surface area contributed by atoms with E-state index in [1.165, 1.54) is 0 Å². The molecule has 8 heteroatoms. The molecule has 0 aliphatic rings. The van der Waals surface area contributed by atoms with Crippen LogP contribution in [-0.4, -0.2) is 29.5 Å². The minimum Gasteiger partial charge on any atom is -0.384 e. The van der Waals surface area contributed by atoms with Crippen molar-refractivity contribution < 1.29 is 0 Å². The van der Waals surface area contributed by atoms with E-state index in [1.807, 2.05) is 59.4 Å². The van der Waals surface area contributed by atoms with Crippen LogP contribution in [0.15, 0.2) is 73.4 Å². The highest BCUT2D eigenvalue weighted by atomic mass is 35.5. The van der Waals surface area contributed by atoms with Crippen molar-refractivity contribution in [1.82, 2.24) is 29.5 Å². The maximum Gasteiger partial charge on any atom is 0.234 e. The Kier molecular flexibility index (Phi) is 4.86. The van der Waals surface area contributed by atoms with Crippen LogP contribution in [0.5, 0.6) is 0 Å². The molecule has 5 rings (SSSR count). The fraction of sp³-hybridized carbons (Fsp3) is 0. The largest absolute Gasteiger partial charge is 0.384 e. The number of pyridine rings is 1. The second-order valence-electron chi connectivity index (χ2n) is 6.83. The van der Waals surface area contributed by atoms with Crippen molar-refractivity contribution in [2.24, 2.45) is 0 Å². The standard InChI is InChI=1S/C23H16ClN7/c24-18-3-2-16-13-31(14-17(16)12-18)23-28-10-7-20(30-23)22-27-9-6-19(29-22)4-1-15-5-8-26-21(25)11-15/h1-14H,(H2,25,26)/b4-1+. The summed E-state index contributed by atoms with van der Waals surface area (Å²) in [7, 11) is 0. The number of fused-ring (bicyclic) bond motifs is 1. The van der Waals surface area contributed by atoms with Crippen LogP contribution in [0.4, 0.5) is 5.82 Å². The first-order valence-corrected chi connectivity index (χ1v) is 9.85. The number of rotatable bonds is 4. The van der Waals surface area contributed by atoms with Crippen LogP contribution in [0, 0.1) is 0 Å². The Morgan fingerprint density at radius 3 is 2.55 bits per heavy atom. The van der Waals surface area contributed by atoms with Gasteiger partial charge < -0.3 is 5.73 Å². The molecule has 1 aromatic carbocycles. The smallest absolute Gasteiger partial charge is 0.234 e. The molecule has 5 aromatic rings. The molecule has 4 aromatic heterocycles. The van der Waals surface area contributed by atoms with Crippen molar-refractivity contribution >= 4 is 40.3 Å². The van der Waals surface area contributed by atoms with Gasteiger partial charge in [0.25, 0.3) is 0 Å². The Morgan fingerprint density at radius 2 is 1.65 bits per heavy atom. The van der Waals surface area contributed by atoms with E-state index in [1.54, 1.807) is 30.7 Å². The first kappa shape index (κ1) is 18.9. The van der Waals surface area contributed by atoms with Crippen LogP contribution in [0.3, 0.4) is 0 Å². The number of halogens is 1. The van der Waals surface area contributed by atoms with Gasteiger partial charge in [-0.1, -0.05) is 23.7 Å². The molecule has 0 unspecified atom stereocenters. The third kappa shape index (κ3) is 4.12. The van der Waals surface area contributed by atoms with Crippen molar-refractivity contribution in [3.8, 4) is 17.5 Å². The van der Waals surface area contributed by atoms with Crippen LogP contribution in [0.1, 0.15) is 11.3 Å². The molecule has 0 amide bonds. The van der Waals surface area contributed by atoms with E-state index in [9.17, 15) is 0 Å². The zero-order valence-corrected chi connectivity index (χ0v) is 17.0. The second kappa shape index (κ2) is 7.97. The molecule has 0 spiro atoms. The van der Waals surface area contributed by atoms with Gasteiger partial charge in [0.05, 0.1) is 5.69 Å². The lowest BCUT2D eigenvalue weighted by Crippen LogP contribution is -2.01. The highest BCUT2D eigenvalue weighted by Gasteiger charge is 2.08. The Morgan fingerprint density at radius 1 is 0.806 bits per heavy atom. The number of hydrogen-bond acceptors (Lipinski definition) is 6. The van der Waals surface area contributed by atoms with Crippen molar-refractivity contribution in [2.75, 3.05) is 5.73 Å². The highest BCUT2D eigenvalue weighted by molar-refractivity contribution is 6.31. The Balaban J connectivity index is 1.46. The van der Waals surface area contributed by atoms with Crippen molar-refractivity contribution in [3.63, 3.8) is 0 Å². The molecule has 4 heterocycles. The fourth-order valence-electron chi connectivity index (χ4n) is 3.16. The minimum atomic E-state index is 0.471. The summed E-state index contributed by atoms with van der Waals surface area (Å²) < 4.78 is 1.86. The second-order valence-corrected chi connectivity index (χ2v) is 7.27. The highest BCUT2D eigenvalue weighted by Crippen LogP contribution is 2.22. The quantitative estimate of drug-likeness (QED) is 0.449. The first-order chi connectivity index (χ1) is 15.1. The van der Waals surface area contributed by atoms with Crippen molar-refractivity contribution in [2.45, 2.75) is 0 Å². The van der Waals surface area contributed by atoms with Gasteiger partial charge in [0.15, 0.2) is 5.82 Å². The van der Waals surface area contributed by atoms with Gasteiger partial charge in [-0.3, -0.25) is 4.57 Å². The lowest BCUT2D eigenvalue weighted by Gasteiger charge is -2.04. The minimum absolute atomic E-state index is 0.471. The van der Waals surface area contributed by atoms with E-state index in [-0.39, 0.29) is 0 Å². The van der Waals surface area contributed by atoms with Gasteiger partial charge in [-0.15, -0.1) is 0 Å². The number of anilines is 1. The number of nitrogens with two attached hydrogens (primary N) is 1. The maximum atomic E-state index is 6.09. The summed E-state index contributed by atoms with van der Waals surface area (Å²) in [6.45, 7) is 0. The Bertz CT molecular complexity index is 1420. The van der Waals surface area contributed by atoms with E-state index in [0.717, 1.165) is 22.0 Å². The Hall–Kier alpha value is -4.10. The van der Waals surface area contributed by atoms with Gasteiger partial charge in [-0.05, 0) is 53.4 Å². The topological polar surface area (TPSA) is 95.4 Å².